The van der Waals surface area contributed by atoms with Crippen LogP contribution in [0.5, 0.6) is 0 Å². The summed E-state index contributed by atoms with van der Waals surface area (Å²) in [6.07, 6.45) is 11.1. The third kappa shape index (κ3) is 5.25. The molecule has 0 saturated carbocycles. The minimum atomic E-state index is 0.539. The molecule has 4 aromatic rings. The van der Waals surface area contributed by atoms with Crippen LogP contribution in [0.15, 0.2) is 42.7 Å². The van der Waals surface area contributed by atoms with Crippen molar-refractivity contribution in [1.82, 2.24) is 40.4 Å². The summed E-state index contributed by atoms with van der Waals surface area (Å²) in [6, 6.07) is 10.5. The summed E-state index contributed by atoms with van der Waals surface area (Å²) in [5, 5.41) is 19.2. The van der Waals surface area contributed by atoms with Crippen LogP contribution >= 0.6 is 0 Å². The van der Waals surface area contributed by atoms with Crippen LogP contribution in [0.2, 0.25) is 0 Å². The Morgan fingerprint density at radius 3 is 2.53 bits per heavy atom. The van der Waals surface area contributed by atoms with Crippen molar-refractivity contribution in [2.75, 3.05) is 0 Å². The molecule has 8 nitrogen and oxygen atoms in total. The Kier molecular flexibility index (Phi) is 7.32. The highest BCUT2D eigenvalue weighted by Gasteiger charge is 2.13. The van der Waals surface area contributed by atoms with Crippen LogP contribution in [-0.4, -0.2) is 40.4 Å². The van der Waals surface area contributed by atoms with Gasteiger partial charge >= 0.3 is 0 Å². The number of tetrazole rings is 1. The molecule has 0 fully saturated rings. The van der Waals surface area contributed by atoms with Gasteiger partial charge in [0.15, 0.2) is 5.82 Å². The van der Waals surface area contributed by atoms with Crippen molar-refractivity contribution >= 4 is 0 Å². The molecule has 0 saturated heterocycles. The lowest BCUT2D eigenvalue weighted by atomic mass is 9.99. The van der Waals surface area contributed by atoms with Crippen molar-refractivity contribution in [3.8, 4) is 22.5 Å². The molecule has 3 aromatic heterocycles. The van der Waals surface area contributed by atoms with Gasteiger partial charge in [0.2, 0.25) is 5.82 Å². The van der Waals surface area contributed by atoms with Gasteiger partial charge in [-0.15, -0.1) is 10.2 Å². The van der Waals surface area contributed by atoms with Crippen LogP contribution in [0, 0.1) is 0 Å². The van der Waals surface area contributed by atoms with Gasteiger partial charge < -0.3 is 0 Å². The number of aromatic amines is 1. The van der Waals surface area contributed by atoms with E-state index in [0.717, 1.165) is 67.0 Å². The van der Waals surface area contributed by atoms with Crippen molar-refractivity contribution in [2.45, 2.75) is 65.3 Å². The van der Waals surface area contributed by atoms with E-state index >= 15 is 0 Å². The number of unbranched alkanes of at least 4 members (excludes halogenated alkanes) is 3. The first kappa shape index (κ1) is 21.8. The second kappa shape index (κ2) is 10.7. The van der Waals surface area contributed by atoms with E-state index in [4.69, 9.17) is 10.1 Å². The van der Waals surface area contributed by atoms with E-state index in [1.165, 1.54) is 18.4 Å². The van der Waals surface area contributed by atoms with E-state index < -0.39 is 0 Å². The molecule has 0 amide bonds. The first-order valence-electron chi connectivity index (χ1n) is 11.5. The number of hydrogen-bond donors (Lipinski definition) is 1. The summed E-state index contributed by atoms with van der Waals surface area (Å²) in [4.78, 5) is 9.10. The predicted molar refractivity (Wildman–Crippen MR) is 124 cm³/mol. The number of nitrogens with one attached hydrogen (secondary N) is 1. The molecule has 0 bridgehead atoms. The molecule has 0 atom stereocenters. The minimum absolute atomic E-state index is 0.539. The summed E-state index contributed by atoms with van der Waals surface area (Å²) >= 11 is 0. The monoisotopic (exact) mass is 430 g/mol. The van der Waals surface area contributed by atoms with Gasteiger partial charge in [0, 0.05) is 37.3 Å². The fourth-order valence-corrected chi connectivity index (χ4v) is 3.77. The van der Waals surface area contributed by atoms with E-state index in [9.17, 15) is 0 Å². The molecule has 166 valence electrons. The average molecular weight is 431 g/mol. The lowest BCUT2D eigenvalue weighted by Crippen LogP contribution is -2.06. The smallest absolute Gasteiger partial charge is 0.206 e. The summed E-state index contributed by atoms with van der Waals surface area (Å²) in [7, 11) is 0. The summed E-state index contributed by atoms with van der Waals surface area (Å²) in [5.41, 5.74) is 4.18. The highest BCUT2D eigenvalue weighted by Crippen LogP contribution is 2.29. The number of rotatable bonds is 11. The standard InChI is InChI=1S/C24H30N8/c1-3-5-7-8-22-26-23(32(29-22)15-6-4-2)16-18-9-11-19(12-10-18)20-13-14-25-17-21(20)24-27-30-31-28-24/h9-14,17H,3-8,15-16H2,1-2H3,(H,27,28,30,31). The quantitative estimate of drug-likeness (QED) is 0.348. The first-order valence-corrected chi connectivity index (χ1v) is 11.5. The molecule has 0 spiro atoms. The predicted octanol–water partition coefficient (Wildman–Crippen LogP) is 4.64. The van der Waals surface area contributed by atoms with Crippen molar-refractivity contribution in [3.05, 3.63) is 59.9 Å². The van der Waals surface area contributed by atoms with Gasteiger partial charge in [-0.05, 0) is 40.8 Å². The maximum absolute atomic E-state index is 4.88. The first-order chi connectivity index (χ1) is 15.8. The van der Waals surface area contributed by atoms with Crippen molar-refractivity contribution in [3.63, 3.8) is 0 Å². The summed E-state index contributed by atoms with van der Waals surface area (Å²) in [6.45, 7) is 5.36. The van der Waals surface area contributed by atoms with Crippen LogP contribution in [0.1, 0.15) is 63.2 Å². The Morgan fingerprint density at radius 2 is 1.78 bits per heavy atom. The topological polar surface area (TPSA) is 98.1 Å². The fraction of sp³-hybridized carbons (Fsp3) is 0.417. The Hall–Kier alpha value is -3.42. The van der Waals surface area contributed by atoms with Crippen LogP contribution in [0.25, 0.3) is 22.5 Å². The molecule has 0 aliphatic rings. The molecule has 1 aromatic carbocycles. The number of benzene rings is 1. The molecule has 4 rings (SSSR count). The second-order valence-electron chi connectivity index (χ2n) is 8.01. The molecule has 0 aliphatic heterocycles. The van der Waals surface area contributed by atoms with Crippen LogP contribution < -0.4 is 0 Å². The SMILES string of the molecule is CCCCCc1nc(Cc2ccc(-c3ccncc3-c3nn[nH]n3)cc2)n(CCCC)n1. The Morgan fingerprint density at radius 1 is 0.938 bits per heavy atom. The fourth-order valence-electron chi connectivity index (χ4n) is 3.77. The third-order valence-corrected chi connectivity index (χ3v) is 5.55. The zero-order valence-corrected chi connectivity index (χ0v) is 18.8. The number of H-pyrrole nitrogens is 1. The summed E-state index contributed by atoms with van der Waals surface area (Å²) in [5.74, 6) is 2.56. The molecule has 0 aliphatic carbocycles. The highest BCUT2D eigenvalue weighted by molar-refractivity contribution is 5.79. The van der Waals surface area contributed by atoms with E-state index in [1.807, 2.05) is 6.07 Å². The normalized spacial score (nSPS) is 11.2. The molecule has 1 N–H and O–H groups in total. The van der Waals surface area contributed by atoms with Crippen molar-refractivity contribution in [2.24, 2.45) is 0 Å². The lowest BCUT2D eigenvalue weighted by molar-refractivity contribution is 0.544. The number of nitrogens with zero attached hydrogens (tertiary/aromatic N) is 7. The minimum Gasteiger partial charge on any atom is -0.264 e. The maximum atomic E-state index is 4.88. The molecule has 0 unspecified atom stereocenters. The van der Waals surface area contributed by atoms with Gasteiger partial charge in [-0.3, -0.25) is 4.98 Å². The molecular weight excluding hydrogens is 400 g/mol. The zero-order chi connectivity index (χ0) is 22.2. The van der Waals surface area contributed by atoms with Crippen LogP contribution in [-0.2, 0) is 19.4 Å². The number of aryl methyl sites for hydroxylation is 2. The van der Waals surface area contributed by atoms with E-state index in [0.29, 0.717) is 5.82 Å². The molecule has 0 radical (unpaired) electrons. The van der Waals surface area contributed by atoms with Gasteiger partial charge in [0.25, 0.3) is 0 Å². The van der Waals surface area contributed by atoms with Gasteiger partial charge in [0.05, 0.1) is 0 Å². The molecule has 8 heteroatoms. The van der Waals surface area contributed by atoms with Gasteiger partial charge in [-0.1, -0.05) is 57.4 Å². The molecule has 3 heterocycles. The molecular formula is C24H30N8. The highest BCUT2D eigenvalue weighted by atomic mass is 15.5. The largest absolute Gasteiger partial charge is 0.264 e. The van der Waals surface area contributed by atoms with E-state index in [2.05, 4.69) is 68.4 Å². The van der Waals surface area contributed by atoms with Crippen molar-refractivity contribution < 1.29 is 0 Å². The lowest BCUT2D eigenvalue weighted by Gasteiger charge is -2.08. The zero-order valence-electron chi connectivity index (χ0n) is 18.8. The van der Waals surface area contributed by atoms with Gasteiger partial charge in [-0.25, -0.2) is 9.67 Å². The summed E-state index contributed by atoms with van der Waals surface area (Å²) < 4.78 is 2.11. The van der Waals surface area contributed by atoms with Crippen LogP contribution in [0.3, 0.4) is 0 Å². The maximum Gasteiger partial charge on any atom is 0.206 e. The van der Waals surface area contributed by atoms with Gasteiger partial charge in [-0.2, -0.15) is 10.3 Å². The van der Waals surface area contributed by atoms with Crippen LogP contribution in [0.4, 0.5) is 0 Å². The molecule has 32 heavy (non-hydrogen) atoms. The van der Waals surface area contributed by atoms with Gasteiger partial charge in [0.1, 0.15) is 5.82 Å². The van der Waals surface area contributed by atoms with E-state index in [1.54, 1.807) is 12.4 Å². The van der Waals surface area contributed by atoms with Crippen molar-refractivity contribution in [1.29, 1.82) is 0 Å². The Balaban J connectivity index is 1.53. The Bertz CT molecular complexity index is 1100. The number of hydrogen-bond acceptors (Lipinski definition) is 6. The number of aromatic nitrogens is 8. The average Bonchev–Trinajstić information content (AvgIpc) is 3.49. The van der Waals surface area contributed by atoms with E-state index in [-0.39, 0.29) is 0 Å². The second-order valence-corrected chi connectivity index (χ2v) is 8.01. The third-order valence-electron chi connectivity index (χ3n) is 5.55. The Labute approximate surface area is 188 Å². The number of pyridine rings is 1.